The van der Waals surface area contributed by atoms with Crippen molar-refractivity contribution in [2.45, 2.75) is 13.3 Å². The number of aromatic nitrogens is 1. The average molecular weight is 258 g/mol. The topological polar surface area (TPSA) is 74.7 Å². The first-order valence-corrected chi connectivity index (χ1v) is 6.43. The van der Waals surface area contributed by atoms with Gasteiger partial charge in [0.05, 0.1) is 0 Å². The maximum Gasteiger partial charge on any atom is 0.157 e. The van der Waals surface area contributed by atoms with Gasteiger partial charge in [0.25, 0.3) is 0 Å². The second kappa shape index (κ2) is 5.52. The van der Waals surface area contributed by atoms with E-state index in [4.69, 9.17) is 11.0 Å². The summed E-state index contributed by atoms with van der Waals surface area (Å²) in [6.45, 7) is 2.86. The van der Waals surface area contributed by atoms with Gasteiger partial charge in [0, 0.05) is 6.54 Å². The van der Waals surface area contributed by atoms with E-state index in [2.05, 4.69) is 34.8 Å². The largest absolute Gasteiger partial charge is 0.382 e. The monoisotopic (exact) mass is 258 g/mol. The lowest BCUT2D eigenvalue weighted by atomic mass is 10.1. The molecule has 0 radical (unpaired) electrons. The maximum absolute atomic E-state index is 8.95. The number of aryl methyl sites for hydroxylation is 1. The van der Waals surface area contributed by atoms with Crippen LogP contribution in [0.25, 0.3) is 0 Å². The van der Waals surface area contributed by atoms with Gasteiger partial charge in [-0.2, -0.15) is 9.64 Å². The summed E-state index contributed by atoms with van der Waals surface area (Å²) in [6.07, 6.45) is 0.912. The van der Waals surface area contributed by atoms with Crippen molar-refractivity contribution < 1.29 is 0 Å². The van der Waals surface area contributed by atoms with E-state index in [0.29, 0.717) is 11.4 Å². The summed E-state index contributed by atoms with van der Waals surface area (Å²) in [7, 11) is 0. The normalized spacial score (nSPS) is 10.0. The Morgan fingerprint density at radius 3 is 2.94 bits per heavy atom. The molecule has 0 aliphatic heterocycles. The molecule has 1 aromatic heterocycles. The van der Waals surface area contributed by atoms with Crippen molar-refractivity contribution in [2.24, 2.45) is 0 Å². The van der Waals surface area contributed by atoms with E-state index in [9.17, 15) is 0 Å². The standard InChI is InChI=1S/C13H14N4S/c1-9-4-2-3-5-10(9)6-7-16-13-11(8-14)12(15)17-18-13/h2-5,16H,6-7H2,1H3,(H2,15,17). The van der Waals surface area contributed by atoms with Crippen molar-refractivity contribution in [1.29, 1.82) is 5.26 Å². The van der Waals surface area contributed by atoms with Crippen molar-refractivity contribution in [3.8, 4) is 6.07 Å². The zero-order valence-corrected chi connectivity index (χ0v) is 10.9. The van der Waals surface area contributed by atoms with Crippen molar-refractivity contribution in [3.63, 3.8) is 0 Å². The predicted molar refractivity (Wildman–Crippen MR) is 74.6 cm³/mol. The number of nitrogens with zero attached hydrogens (tertiary/aromatic N) is 2. The zero-order chi connectivity index (χ0) is 13.0. The number of nitrogens with one attached hydrogen (secondary N) is 1. The predicted octanol–water partition coefficient (Wildman–Crippen LogP) is 2.56. The SMILES string of the molecule is Cc1ccccc1CCNc1snc(N)c1C#N. The van der Waals surface area contributed by atoms with Crippen LogP contribution in [-0.2, 0) is 6.42 Å². The van der Waals surface area contributed by atoms with Gasteiger partial charge < -0.3 is 11.1 Å². The van der Waals surface area contributed by atoms with Gasteiger partial charge in [-0.25, -0.2) is 0 Å². The molecule has 2 aromatic rings. The second-order valence-electron chi connectivity index (χ2n) is 3.99. The highest BCUT2D eigenvalue weighted by Crippen LogP contribution is 2.25. The van der Waals surface area contributed by atoms with Crippen LogP contribution in [0, 0.1) is 18.3 Å². The molecule has 0 aliphatic rings. The number of hydrogen-bond donors (Lipinski definition) is 2. The molecule has 4 nitrogen and oxygen atoms in total. The van der Waals surface area contributed by atoms with Crippen LogP contribution in [-0.4, -0.2) is 10.9 Å². The van der Waals surface area contributed by atoms with Crippen molar-refractivity contribution in [1.82, 2.24) is 4.37 Å². The number of rotatable bonds is 4. The summed E-state index contributed by atoms with van der Waals surface area (Å²) >= 11 is 1.23. The fourth-order valence-electron chi connectivity index (χ4n) is 1.73. The molecule has 3 N–H and O–H groups in total. The van der Waals surface area contributed by atoms with Gasteiger partial charge in [-0.15, -0.1) is 0 Å². The van der Waals surface area contributed by atoms with E-state index in [-0.39, 0.29) is 0 Å². The molecule has 0 aliphatic carbocycles. The van der Waals surface area contributed by atoms with Gasteiger partial charge in [0.2, 0.25) is 0 Å². The van der Waals surface area contributed by atoms with Crippen molar-refractivity contribution >= 4 is 22.4 Å². The van der Waals surface area contributed by atoms with Crippen LogP contribution in [0.15, 0.2) is 24.3 Å². The van der Waals surface area contributed by atoms with Crippen molar-refractivity contribution in [3.05, 3.63) is 41.0 Å². The van der Waals surface area contributed by atoms with Gasteiger partial charge in [-0.3, -0.25) is 0 Å². The summed E-state index contributed by atoms with van der Waals surface area (Å²) in [5.41, 5.74) is 8.63. The van der Waals surface area contributed by atoms with Crippen LogP contribution in [0.3, 0.4) is 0 Å². The minimum absolute atomic E-state index is 0.306. The summed E-state index contributed by atoms with van der Waals surface area (Å²) in [4.78, 5) is 0. The van der Waals surface area contributed by atoms with E-state index in [1.54, 1.807) is 0 Å². The number of benzene rings is 1. The molecule has 0 amide bonds. The Labute approximate surface area is 110 Å². The third-order valence-electron chi connectivity index (χ3n) is 2.77. The third kappa shape index (κ3) is 2.60. The summed E-state index contributed by atoms with van der Waals surface area (Å²) in [5, 5.41) is 12.9. The number of nitrogens with two attached hydrogens (primary N) is 1. The molecule has 2 rings (SSSR count). The van der Waals surface area contributed by atoms with E-state index in [1.807, 2.05) is 12.1 Å². The third-order valence-corrected chi connectivity index (χ3v) is 3.59. The van der Waals surface area contributed by atoms with E-state index in [0.717, 1.165) is 18.0 Å². The Kier molecular flexibility index (Phi) is 3.80. The Morgan fingerprint density at radius 2 is 2.22 bits per heavy atom. The number of anilines is 2. The van der Waals surface area contributed by atoms with Gasteiger partial charge in [-0.1, -0.05) is 24.3 Å². The van der Waals surface area contributed by atoms with Crippen LogP contribution >= 0.6 is 11.5 Å². The molecule has 0 atom stereocenters. The van der Waals surface area contributed by atoms with Crippen LogP contribution in [0.2, 0.25) is 0 Å². The van der Waals surface area contributed by atoms with Crippen LogP contribution < -0.4 is 11.1 Å². The molecule has 0 unspecified atom stereocenters. The Bertz CT molecular complexity index is 583. The Morgan fingerprint density at radius 1 is 1.44 bits per heavy atom. The fourth-order valence-corrected chi connectivity index (χ4v) is 2.42. The number of hydrogen-bond acceptors (Lipinski definition) is 5. The van der Waals surface area contributed by atoms with Gasteiger partial charge >= 0.3 is 0 Å². The molecule has 0 saturated heterocycles. The average Bonchev–Trinajstić information content (AvgIpc) is 2.72. The molecule has 5 heteroatoms. The number of nitriles is 1. The first-order valence-electron chi connectivity index (χ1n) is 5.66. The second-order valence-corrected chi connectivity index (χ2v) is 4.76. The molecular formula is C13H14N4S. The molecule has 92 valence electrons. The van der Waals surface area contributed by atoms with Gasteiger partial charge in [0.15, 0.2) is 5.82 Å². The van der Waals surface area contributed by atoms with E-state index in [1.165, 1.54) is 22.7 Å². The van der Waals surface area contributed by atoms with Crippen LogP contribution in [0.4, 0.5) is 10.8 Å². The van der Waals surface area contributed by atoms with Gasteiger partial charge in [-0.05, 0) is 36.0 Å². The van der Waals surface area contributed by atoms with Gasteiger partial charge in [0.1, 0.15) is 16.6 Å². The molecule has 0 saturated carbocycles. The highest BCUT2D eigenvalue weighted by molar-refractivity contribution is 7.10. The van der Waals surface area contributed by atoms with E-state index >= 15 is 0 Å². The molecule has 0 bridgehead atoms. The molecule has 1 aromatic carbocycles. The maximum atomic E-state index is 8.95. The summed E-state index contributed by atoms with van der Waals surface area (Å²) < 4.78 is 3.97. The first kappa shape index (κ1) is 12.4. The number of nitrogen functional groups attached to an aromatic ring is 1. The Balaban J connectivity index is 1.97. The smallest absolute Gasteiger partial charge is 0.157 e. The highest BCUT2D eigenvalue weighted by atomic mass is 32.1. The summed E-state index contributed by atoms with van der Waals surface area (Å²) in [6, 6.07) is 10.3. The molecule has 0 fully saturated rings. The lowest BCUT2D eigenvalue weighted by Gasteiger charge is -2.06. The van der Waals surface area contributed by atoms with Crippen LogP contribution in [0.5, 0.6) is 0 Å². The molecule has 18 heavy (non-hydrogen) atoms. The highest BCUT2D eigenvalue weighted by Gasteiger charge is 2.09. The molecule has 1 heterocycles. The minimum Gasteiger partial charge on any atom is -0.382 e. The Hall–Kier alpha value is -2.06. The lowest BCUT2D eigenvalue weighted by Crippen LogP contribution is -2.05. The minimum atomic E-state index is 0.306. The van der Waals surface area contributed by atoms with Crippen LogP contribution in [0.1, 0.15) is 16.7 Å². The fraction of sp³-hybridized carbons (Fsp3) is 0.231. The zero-order valence-electron chi connectivity index (χ0n) is 10.1. The quantitative estimate of drug-likeness (QED) is 0.883. The molecule has 0 spiro atoms. The summed E-state index contributed by atoms with van der Waals surface area (Å²) in [5.74, 6) is 0.306. The van der Waals surface area contributed by atoms with E-state index < -0.39 is 0 Å². The molecular weight excluding hydrogens is 244 g/mol. The first-order chi connectivity index (χ1) is 8.72. The van der Waals surface area contributed by atoms with Crippen molar-refractivity contribution in [2.75, 3.05) is 17.6 Å². The lowest BCUT2D eigenvalue weighted by molar-refractivity contribution is 1.01.